The van der Waals surface area contributed by atoms with Crippen molar-refractivity contribution >= 4 is 40.6 Å². The standard InChI is InChI=1S/C23H24N2O5S/c1-4-11-30-18-10-7-16(12-19(18)29-3)13-20-22(27)25(23(28)31-20)14-21(26)24-17-8-5-15(2)6-9-17/h5-10,12-13H,4,11,14H2,1-3H3,(H,24,26)/b20-13-. The molecule has 7 nitrogen and oxygen atoms in total. The predicted molar refractivity (Wildman–Crippen MR) is 121 cm³/mol. The van der Waals surface area contributed by atoms with Gasteiger partial charge in [0.2, 0.25) is 5.91 Å². The zero-order valence-corrected chi connectivity index (χ0v) is 18.5. The molecule has 31 heavy (non-hydrogen) atoms. The molecule has 0 bridgehead atoms. The fraction of sp³-hybridized carbons (Fsp3) is 0.261. The first-order chi connectivity index (χ1) is 14.9. The lowest BCUT2D eigenvalue weighted by Gasteiger charge is -2.12. The smallest absolute Gasteiger partial charge is 0.294 e. The Morgan fingerprint density at radius 3 is 2.55 bits per heavy atom. The van der Waals surface area contributed by atoms with Crippen LogP contribution in [-0.2, 0) is 9.59 Å². The molecule has 1 aliphatic rings. The van der Waals surface area contributed by atoms with Crippen molar-refractivity contribution in [3.8, 4) is 11.5 Å². The number of hydrogen-bond acceptors (Lipinski definition) is 6. The molecule has 1 saturated heterocycles. The van der Waals surface area contributed by atoms with Crippen LogP contribution in [0, 0.1) is 6.92 Å². The minimum Gasteiger partial charge on any atom is -0.493 e. The van der Waals surface area contributed by atoms with Gasteiger partial charge in [-0.1, -0.05) is 30.7 Å². The Labute approximate surface area is 185 Å². The zero-order chi connectivity index (χ0) is 22.4. The number of benzene rings is 2. The fourth-order valence-electron chi connectivity index (χ4n) is 2.87. The van der Waals surface area contributed by atoms with Gasteiger partial charge in [-0.05, 0) is 61.0 Å². The second-order valence-corrected chi connectivity index (χ2v) is 7.93. The molecule has 1 N–H and O–H groups in total. The summed E-state index contributed by atoms with van der Waals surface area (Å²) in [6.45, 7) is 4.18. The van der Waals surface area contributed by atoms with Gasteiger partial charge in [0.1, 0.15) is 6.54 Å². The van der Waals surface area contributed by atoms with Gasteiger partial charge in [0.25, 0.3) is 11.1 Å². The number of carbonyl (C=O) groups is 3. The van der Waals surface area contributed by atoms with Crippen LogP contribution in [0.25, 0.3) is 6.08 Å². The van der Waals surface area contributed by atoms with Crippen molar-refractivity contribution in [3.05, 3.63) is 58.5 Å². The molecular formula is C23H24N2O5S. The highest BCUT2D eigenvalue weighted by Gasteiger charge is 2.36. The molecule has 0 aliphatic carbocycles. The summed E-state index contributed by atoms with van der Waals surface area (Å²) in [6.07, 6.45) is 2.48. The van der Waals surface area contributed by atoms with Crippen LogP contribution in [0.2, 0.25) is 0 Å². The lowest BCUT2D eigenvalue weighted by atomic mass is 10.2. The number of rotatable bonds is 8. The second-order valence-electron chi connectivity index (χ2n) is 6.94. The topological polar surface area (TPSA) is 84.9 Å². The number of aryl methyl sites for hydroxylation is 1. The van der Waals surface area contributed by atoms with E-state index >= 15 is 0 Å². The molecule has 8 heteroatoms. The average Bonchev–Trinajstić information content (AvgIpc) is 3.01. The van der Waals surface area contributed by atoms with Gasteiger partial charge < -0.3 is 14.8 Å². The van der Waals surface area contributed by atoms with Crippen LogP contribution in [0.3, 0.4) is 0 Å². The van der Waals surface area contributed by atoms with Gasteiger partial charge in [0, 0.05) is 5.69 Å². The maximum Gasteiger partial charge on any atom is 0.294 e. The zero-order valence-electron chi connectivity index (χ0n) is 17.6. The summed E-state index contributed by atoms with van der Waals surface area (Å²) < 4.78 is 11.0. The SMILES string of the molecule is CCCOc1ccc(/C=C2\SC(=O)N(CC(=O)Nc3ccc(C)cc3)C2=O)cc1OC. The van der Waals surface area contributed by atoms with E-state index in [0.717, 1.165) is 28.6 Å². The van der Waals surface area contributed by atoms with E-state index in [-0.39, 0.29) is 11.4 Å². The monoisotopic (exact) mass is 440 g/mol. The molecular weight excluding hydrogens is 416 g/mol. The quantitative estimate of drug-likeness (QED) is 0.610. The van der Waals surface area contributed by atoms with E-state index in [4.69, 9.17) is 9.47 Å². The number of methoxy groups -OCH3 is 1. The van der Waals surface area contributed by atoms with E-state index in [1.165, 1.54) is 0 Å². The second kappa shape index (κ2) is 10.2. The summed E-state index contributed by atoms with van der Waals surface area (Å²) in [7, 11) is 1.54. The first-order valence-corrected chi connectivity index (χ1v) is 10.7. The molecule has 0 saturated carbocycles. The summed E-state index contributed by atoms with van der Waals surface area (Å²) >= 11 is 0.805. The third kappa shape index (κ3) is 5.67. The highest BCUT2D eigenvalue weighted by Crippen LogP contribution is 2.34. The Hall–Kier alpha value is -3.26. The molecule has 0 unspecified atom stereocenters. The molecule has 162 valence electrons. The Morgan fingerprint density at radius 1 is 1.13 bits per heavy atom. The van der Waals surface area contributed by atoms with Gasteiger partial charge in [0.15, 0.2) is 11.5 Å². The van der Waals surface area contributed by atoms with Crippen molar-refractivity contribution in [3.63, 3.8) is 0 Å². The minimum atomic E-state index is -0.501. The van der Waals surface area contributed by atoms with E-state index in [1.807, 2.05) is 26.0 Å². The molecule has 0 aromatic heterocycles. The summed E-state index contributed by atoms with van der Waals surface area (Å²) in [4.78, 5) is 38.5. The lowest BCUT2D eigenvalue weighted by molar-refractivity contribution is -0.127. The molecule has 2 aromatic carbocycles. The first-order valence-electron chi connectivity index (χ1n) is 9.84. The molecule has 1 fully saturated rings. The van der Waals surface area contributed by atoms with Crippen LogP contribution in [0.1, 0.15) is 24.5 Å². The van der Waals surface area contributed by atoms with E-state index in [1.54, 1.807) is 43.5 Å². The third-order valence-electron chi connectivity index (χ3n) is 4.46. The highest BCUT2D eigenvalue weighted by atomic mass is 32.2. The first kappa shape index (κ1) is 22.4. The van der Waals surface area contributed by atoms with Crippen molar-refractivity contribution in [2.75, 3.05) is 25.6 Å². The van der Waals surface area contributed by atoms with Crippen LogP contribution in [-0.4, -0.2) is 42.2 Å². The van der Waals surface area contributed by atoms with Crippen LogP contribution in [0.15, 0.2) is 47.4 Å². The maximum atomic E-state index is 12.7. The molecule has 0 spiro atoms. The number of anilines is 1. The van der Waals surface area contributed by atoms with Gasteiger partial charge in [-0.2, -0.15) is 0 Å². The summed E-state index contributed by atoms with van der Waals surface area (Å²) in [5.41, 5.74) is 2.36. The molecule has 3 amide bonds. The molecule has 1 aliphatic heterocycles. The van der Waals surface area contributed by atoms with Crippen molar-refractivity contribution < 1.29 is 23.9 Å². The van der Waals surface area contributed by atoms with Crippen molar-refractivity contribution in [1.82, 2.24) is 4.90 Å². The van der Waals surface area contributed by atoms with Crippen LogP contribution >= 0.6 is 11.8 Å². The summed E-state index contributed by atoms with van der Waals surface area (Å²) in [6, 6.07) is 12.6. The third-order valence-corrected chi connectivity index (χ3v) is 5.37. The normalized spacial score (nSPS) is 14.8. The van der Waals surface area contributed by atoms with Crippen LogP contribution in [0.5, 0.6) is 11.5 Å². The molecule has 3 rings (SSSR count). The van der Waals surface area contributed by atoms with Gasteiger partial charge >= 0.3 is 0 Å². The molecule has 2 aromatic rings. The van der Waals surface area contributed by atoms with Gasteiger partial charge in [-0.25, -0.2) is 0 Å². The van der Waals surface area contributed by atoms with Crippen molar-refractivity contribution in [2.24, 2.45) is 0 Å². The number of imide groups is 1. The number of thioether (sulfide) groups is 1. The number of carbonyl (C=O) groups excluding carboxylic acids is 3. The van der Waals surface area contributed by atoms with E-state index in [2.05, 4.69) is 5.32 Å². The van der Waals surface area contributed by atoms with Crippen molar-refractivity contribution in [1.29, 1.82) is 0 Å². The Bertz CT molecular complexity index is 1020. The predicted octanol–water partition coefficient (Wildman–Crippen LogP) is 4.47. The van der Waals surface area contributed by atoms with Gasteiger partial charge in [0.05, 0.1) is 18.6 Å². The maximum absolute atomic E-state index is 12.7. The largest absolute Gasteiger partial charge is 0.493 e. The molecule has 0 radical (unpaired) electrons. The summed E-state index contributed by atoms with van der Waals surface area (Å²) in [5.74, 6) is 0.215. The van der Waals surface area contributed by atoms with Gasteiger partial charge in [-0.3, -0.25) is 19.3 Å². The van der Waals surface area contributed by atoms with Crippen LogP contribution < -0.4 is 14.8 Å². The fourth-order valence-corrected chi connectivity index (χ4v) is 3.71. The summed E-state index contributed by atoms with van der Waals surface area (Å²) in [5, 5.41) is 2.21. The number of ether oxygens (including phenoxy) is 2. The average molecular weight is 441 g/mol. The lowest BCUT2D eigenvalue weighted by Crippen LogP contribution is -2.36. The number of nitrogens with zero attached hydrogens (tertiary/aromatic N) is 1. The highest BCUT2D eigenvalue weighted by molar-refractivity contribution is 8.18. The van der Waals surface area contributed by atoms with Crippen molar-refractivity contribution in [2.45, 2.75) is 20.3 Å². The minimum absolute atomic E-state index is 0.248. The van der Waals surface area contributed by atoms with E-state index in [0.29, 0.717) is 29.4 Å². The van der Waals surface area contributed by atoms with E-state index in [9.17, 15) is 14.4 Å². The Balaban J connectivity index is 1.69. The number of nitrogens with one attached hydrogen (secondary N) is 1. The number of amides is 3. The van der Waals surface area contributed by atoms with Gasteiger partial charge in [-0.15, -0.1) is 0 Å². The molecule has 1 heterocycles. The molecule has 0 atom stereocenters. The Kier molecular flexibility index (Phi) is 7.36. The van der Waals surface area contributed by atoms with Crippen LogP contribution in [0.4, 0.5) is 10.5 Å². The number of hydrogen-bond donors (Lipinski definition) is 1. The Morgan fingerprint density at radius 2 is 1.87 bits per heavy atom. The van der Waals surface area contributed by atoms with E-state index < -0.39 is 17.1 Å².